The van der Waals surface area contributed by atoms with Gasteiger partial charge in [0.2, 0.25) is 0 Å². The predicted octanol–water partition coefficient (Wildman–Crippen LogP) is 20.2. The van der Waals surface area contributed by atoms with Crippen molar-refractivity contribution in [3.63, 3.8) is 0 Å². The van der Waals surface area contributed by atoms with E-state index in [1.807, 2.05) is 0 Å². The van der Waals surface area contributed by atoms with E-state index in [1.54, 1.807) is 0 Å². The molecule has 82 heavy (non-hydrogen) atoms. The van der Waals surface area contributed by atoms with Gasteiger partial charge >= 0.3 is 502 Å². The molecule has 0 amide bonds. The first-order valence-electron chi connectivity index (χ1n) is 29.7. The molecule has 0 N–H and O–H groups in total. The molecular formula is C78H71Cl2SiZr. The van der Waals surface area contributed by atoms with Gasteiger partial charge in [-0.3, -0.25) is 0 Å². The van der Waals surface area contributed by atoms with Crippen molar-refractivity contribution in [1.29, 1.82) is 0 Å². The molecule has 10 aromatic carbocycles. The second-order valence-corrected chi connectivity index (χ2v) is 47.2. The van der Waals surface area contributed by atoms with E-state index in [9.17, 15) is 17.0 Å². The fourth-order valence-corrected chi connectivity index (χ4v) is 41.2. The van der Waals surface area contributed by atoms with Crippen molar-refractivity contribution in [3.05, 3.63) is 280 Å². The zero-order valence-corrected chi connectivity index (χ0v) is 53.8. The van der Waals surface area contributed by atoms with Gasteiger partial charge in [-0.2, -0.15) is 0 Å². The molecule has 2 atom stereocenters. The van der Waals surface area contributed by atoms with Crippen LogP contribution in [0, 0.1) is 0 Å². The van der Waals surface area contributed by atoms with Gasteiger partial charge in [-0.25, -0.2) is 0 Å². The molecule has 0 spiro atoms. The minimum atomic E-state index is -6.28. The summed E-state index contributed by atoms with van der Waals surface area (Å²) in [4.78, 5) is 0. The van der Waals surface area contributed by atoms with E-state index in [4.69, 9.17) is 0 Å². The average molecular weight is 1200 g/mol. The molecule has 3 aliphatic rings. The Morgan fingerprint density at radius 2 is 0.707 bits per heavy atom. The second kappa shape index (κ2) is 21.5. The van der Waals surface area contributed by atoms with E-state index < -0.39 is 25.9 Å². The zero-order valence-electron chi connectivity index (χ0n) is 48.4. The molecule has 0 saturated heterocycles. The number of allylic oxidation sites excluding steroid dienone is 2. The summed E-state index contributed by atoms with van der Waals surface area (Å²) in [5, 5.41) is 2.86. The van der Waals surface area contributed by atoms with Gasteiger partial charge in [0.25, 0.3) is 0 Å². The van der Waals surface area contributed by atoms with Crippen LogP contribution in [0.15, 0.2) is 224 Å². The van der Waals surface area contributed by atoms with Gasteiger partial charge in [0.05, 0.1) is 0 Å². The fourth-order valence-electron chi connectivity index (χ4n) is 14.2. The topological polar surface area (TPSA) is 0 Å². The number of fused-ring (bicyclic) bond motifs is 5. The molecule has 4 heteroatoms. The van der Waals surface area contributed by atoms with Crippen molar-refractivity contribution >= 4 is 63.5 Å². The maximum absolute atomic E-state index is 10.00. The van der Waals surface area contributed by atoms with E-state index in [-0.39, 0.29) is 7.25 Å². The van der Waals surface area contributed by atoms with Gasteiger partial charge in [0.1, 0.15) is 0 Å². The molecule has 0 nitrogen and oxygen atoms in total. The van der Waals surface area contributed by atoms with Crippen LogP contribution in [0.3, 0.4) is 0 Å². The number of hydrogen-bond acceptors (Lipinski definition) is 0. The Bertz CT molecular complexity index is 3900. The Balaban J connectivity index is 1.19. The molecule has 2 unspecified atom stereocenters. The monoisotopic (exact) mass is 1200 g/mol. The van der Waals surface area contributed by atoms with E-state index in [0.717, 1.165) is 11.1 Å². The Morgan fingerprint density at radius 3 is 1.11 bits per heavy atom. The van der Waals surface area contributed by atoms with Crippen LogP contribution in [0.4, 0.5) is 0 Å². The third-order valence-electron chi connectivity index (χ3n) is 18.4. The predicted molar refractivity (Wildman–Crippen MR) is 356 cm³/mol. The summed E-state index contributed by atoms with van der Waals surface area (Å²) in [5.74, 6) is 1.36. The van der Waals surface area contributed by atoms with Gasteiger partial charge in [0.15, 0.2) is 0 Å². The molecule has 1 heterocycles. The van der Waals surface area contributed by atoms with Crippen molar-refractivity contribution in [2.24, 2.45) is 0 Å². The summed E-state index contributed by atoms with van der Waals surface area (Å²) in [7, 11) is 18.9. The van der Waals surface area contributed by atoms with Crippen LogP contribution in [0.25, 0.3) is 78.9 Å². The summed E-state index contributed by atoms with van der Waals surface area (Å²) < 4.78 is 0.467. The summed E-state index contributed by atoms with van der Waals surface area (Å²) in [6.07, 6.45) is 5.08. The van der Waals surface area contributed by atoms with Crippen LogP contribution in [0.1, 0.15) is 142 Å². The van der Waals surface area contributed by atoms with Crippen molar-refractivity contribution in [2.75, 3.05) is 0 Å². The first-order chi connectivity index (χ1) is 39.7. The first-order valence-corrected chi connectivity index (χ1v) is 41.6. The van der Waals surface area contributed by atoms with Gasteiger partial charge in [0, 0.05) is 0 Å². The zero-order chi connectivity index (χ0) is 56.6. The molecule has 2 aliphatic carbocycles. The van der Waals surface area contributed by atoms with E-state index >= 15 is 0 Å². The van der Waals surface area contributed by atoms with Gasteiger partial charge in [-0.05, 0) is 0 Å². The SMILES string of the molecule is CC(C)c1cc(-c2c(-c3ccccc3)ccc3c2C=C(c2ccccc2)[CH]3[Zr]([Cl])([Cl])([c]2cccc3c2[SiH2]c2ccccc2-3)[CH]2C(c3ccccc3)=Cc3c2ccc(-c2ccccc2)c3-c2cc(C(C)C)cc(C(C)C)c2)cc(C(C)C)c1. The first kappa shape index (κ1) is 54.6. The molecule has 0 aromatic heterocycles. The van der Waals surface area contributed by atoms with Crippen LogP contribution in [0.5, 0.6) is 0 Å². The van der Waals surface area contributed by atoms with Crippen LogP contribution >= 0.6 is 17.0 Å². The van der Waals surface area contributed by atoms with Gasteiger partial charge in [-0.1, -0.05) is 0 Å². The van der Waals surface area contributed by atoms with Crippen LogP contribution in [0.2, 0.25) is 0 Å². The average Bonchev–Trinajstić information content (AvgIpc) is 2.72. The molecule has 0 radical (unpaired) electrons. The molecule has 10 aromatic rings. The molecule has 13 rings (SSSR count). The summed E-state index contributed by atoms with van der Waals surface area (Å²) in [6, 6.07) is 84.9. The van der Waals surface area contributed by atoms with E-state index in [1.165, 1.54) is 125 Å². The molecule has 405 valence electrons. The third-order valence-corrected chi connectivity index (χ3v) is 40.9. The number of halogens is 2. The van der Waals surface area contributed by atoms with E-state index in [2.05, 4.69) is 292 Å². The standard InChI is InChI=1S/2C33H31.C12H9Si.2ClH.Zr/c2*1-22(2)27-18-28(23(3)4)20-30(19-27)33-31(25-13-9-6-10-14-25)16-15-26-17-29(21-32(26)33)24-11-7-5-8-12-24;1-3-7-11-9(5-1)10-6-2-4-8-12(10)13-11;;;/h2*5-23H,1-4H3;1-7H,13H2;2*1H;/q;;;;;+2/p-2. The van der Waals surface area contributed by atoms with Crippen molar-refractivity contribution in [1.82, 2.24) is 0 Å². The second-order valence-electron chi connectivity index (χ2n) is 24.7. The quantitative estimate of drug-likeness (QED) is 0.101. The Labute approximate surface area is 497 Å². The van der Waals surface area contributed by atoms with Gasteiger partial charge < -0.3 is 0 Å². The fraction of sp³-hybridized carbons (Fsp3) is 0.179. The maximum atomic E-state index is 10.00. The minimum absolute atomic E-state index is 0.339. The van der Waals surface area contributed by atoms with Crippen LogP contribution in [-0.4, -0.2) is 9.52 Å². The molecular weight excluding hydrogens is 1130 g/mol. The summed E-state index contributed by atoms with van der Waals surface area (Å²) >= 11 is -6.28. The molecule has 1 aliphatic heterocycles. The Hall–Kier alpha value is -6.64. The van der Waals surface area contributed by atoms with Crippen molar-refractivity contribution in [2.45, 2.75) is 86.3 Å². The molecule has 0 bridgehead atoms. The van der Waals surface area contributed by atoms with E-state index in [0.29, 0.717) is 23.7 Å². The number of benzene rings is 10. The summed E-state index contributed by atoms with van der Waals surface area (Å²) in [5.41, 5.74) is 27.3. The number of hydrogen-bond donors (Lipinski definition) is 0. The number of rotatable bonds is 13. The molecule has 0 saturated carbocycles. The van der Waals surface area contributed by atoms with Crippen molar-refractivity contribution in [3.8, 4) is 55.6 Å². The van der Waals surface area contributed by atoms with Crippen LogP contribution < -0.4 is 13.6 Å². The third kappa shape index (κ3) is 9.20. The van der Waals surface area contributed by atoms with Gasteiger partial charge in [-0.15, -0.1) is 0 Å². The van der Waals surface area contributed by atoms with Crippen molar-refractivity contribution < 1.29 is 16.4 Å². The Morgan fingerprint density at radius 1 is 0.341 bits per heavy atom. The normalized spacial score (nSPS) is 16.0. The Kier molecular flexibility index (Phi) is 14.3. The molecule has 0 fully saturated rings. The summed E-state index contributed by atoms with van der Waals surface area (Å²) in [6.45, 7) is 18.6. The van der Waals surface area contributed by atoms with Crippen LogP contribution in [-0.2, 0) is 16.4 Å².